The predicted molar refractivity (Wildman–Crippen MR) is 58.0 cm³/mol. The van der Waals surface area contributed by atoms with Crippen LogP contribution in [0.1, 0.15) is 30.6 Å². The topological polar surface area (TPSA) is 41.3 Å². The van der Waals surface area contributed by atoms with Gasteiger partial charge in [-0.05, 0) is 19.3 Å². The molecule has 0 spiro atoms. The molecule has 1 aromatic rings. The Morgan fingerprint density at radius 2 is 2.07 bits per heavy atom. The second-order valence-electron chi connectivity index (χ2n) is 4.38. The molecule has 1 saturated heterocycles. The molecule has 0 bridgehead atoms. The number of nitrogens with zero attached hydrogens (tertiary/aromatic N) is 2. The minimum absolute atomic E-state index is 0.921. The van der Waals surface area contributed by atoms with Gasteiger partial charge in [0.05, 0.1) is 5.56 Å². The van der Waals surface area contributed by atoms with Crippen LogP contribution in [-0.2, 0) is 13.0 Å². The van der Waals surface area contributed by atoms with E-state index in [0.29, 0.717) is 0 Å². The van der Waals surface area contributed by atoms with Crippen molar-refractivity contribution >= 4 is 5.82 Å². The highest BCUT2D eigenvalue weighted by atomic mass is 16.5. The molecular formula is C11H17N3O. The minimum Gasteiger partial charge on any atom is -0.359 e. The third kappa shape index (κ3) is 1.63. The first-order chi connectivity index (χ1) is 7.45. The smallest absolute Gasteiger partial charge is 0.176 e. The van der Waals surface area contributed by atoms with Crippen LogP contribution < -0.4 is 10.2 Å². The van der Waals surface area contributed by atoms with Gasteiger partial charge in [0.15, 0.2) is 5.82 Å². The van der Waals surface area contributed by atoms with Crippen LogP contribution in [-0.4, -0.2) is 24.8 Å². The molecule has 0 atom stereocenters. The Hall–Kier alpha value is -1.03. The molecule has 1 N–H and O–H groups in total. The summed E-state index contributed by atoms with van der Waals surface area (Å²) < 4.78 is 5.41. The zero-order valence-corrected chi connectivity index (χ0v) is 8.96. The van der Waals surface area contributed by atoms with Crippen molar-refractivity contribution in [1.29, 1.82) is 0 Å². The Bertz CT molecular complexity index is 342. The fourth-order valence-corrected chi connectivity index (χ4v) is 2.48. The number of fused-ring (bicyclic) bond motifs is 1. The first-order valence-corrected chi connectivity index (χ1v) is 5.88. The van der Waals surface area contributed by atoms with E-state index >= 15 is 0 Å². The van der Waals surface area contributed by atoms with E-state index in [1.165, 1.54) is 24.8 Å². The summed E-state index contributed by atoms with van der Waals surface area (Å²) in [4.78, 5) is 2.37. The minimum atomic E-state index is 0.921. The SMILES string of the molecule is C1CCN(c2noc3c2CNCC3)CC1. The molecule has 1 aromatic heterocycles. The molecule has 2 aliphatic rings. The van der Waals surface area contributed by atoms with Crippen LogP contribution in [0, 0.1) is 0 Å². The Balaban J connectivity index is 1.87. The predicted octanol–water partition coefficient (Wildman–Crippen LogP) is 1.31. The summed E-state index contributed by atoms with van der Waals surface area (Å²) >= 11 is 0. The Kier molecular flexibility index (Phi) is 2.37. The lowest BCUT2D eigenvalue weighted by Gasteiger charge is -2.27. The highest BCUT2D eigenvalue weighted by Gasteiger charge is 2.23. The molecule has 0 amide bonds. The first-order valence-electron chi connectivity index (χ1n) is 5.88. The van der Waals surface area contributed by atoms with E-state index in [1.807, 2.05) is 0 Å². The van der Waals surface area contributed by atoms with E-state index in [-0.39, 0.29) is 0 Å². The normalized spacial score (nSPS) is 21.5. The fourth-order valence-electron chi connectivity index (χ4n) is 2.48. The van der Waals surface area contributed by atoms with E-state index in [1.54, 1.807) is 0 Å². The average Bonchev–Trinajstić information content (AvgIpc) is 2.74. The van der Waals surface area contributed by atoms with Crippen molar-refractivity contribution < 1.29 is 4.52 Å². The number of anilines is 1. The lowest BCUT2D eigenvalue weighted by molar-refractivity contribution is 0.371. The number of hydrogen-bond acceptors (Lipinski definition) is 4. The maximum absolute atomic E-state index is 5.41. The monoisotopic (exact) mass is 207 g/mol. The van der Waals surface area contributed by atoms with Crippen LogP contribution in [0.5, 0.6) is 0 Å². The van der Waals surface area contributed by atoms with Crippen molar-refractivity contribution in [2.24, 2.45) is 0 Å². The van der Waals surface area contributed by atoms with E-state index in [4.69, 9.17) is 4.52 Å². The van der Waals surface area contributed by atoms with Gasteiger partial charge >= 0.3 is 0 Å². The van der Waals surface area contributed by atoms with Crippen LogP contribution >= 0.6 is 0 Å². The molecule has 0 aromatic carbocycles. The van der Waals surface area contributed by atoms with Gasteiger partial charge in [-0.2, -0.15) is 0 Å². The lowest BCUT2D eigenvalue weighted by atomic mass is 10.1. The van der Waals surface area contributed by atoms with Crippen LogP contribution in [0.4, 0.5) is 5.82 Å². The Morgan fingerprint density at radius 1 is 1.20 bits per heavy atom. The first kappa shape index (κ1) is 9.21. The van der Waals surface area contributed by atoms with Gasteiger partial charge in [-0.25, -0.2) is 0 Å². The van der Waals surface area contributed by atoms with E-state index in [0.717, 1.165) is 44.2 Å². The number of aromatic nitrogens is 1. The van der Waals surface area contributed by atoms with Gasteiger partial charge in [0.25, 0.3) is 0 Å². The molecule has 3 heterocycles. The van der Waals surface area contributed by atoms with Gasteiger partial charge < -0.3 is 14.7 Å². The fraction of sp³-hybridized carbons (Fsp3) is 0.727. The van der Waals surface area contributed by atoms with E-state index < -0.39 is 0 Å². The maximum Gasteiger partial charge on any atom is 0.176 e. The molecule has 2 aliphatic heterocycles. The molecule has 0 unspecified atom stereocenters. The molecule has 4 nitrogen and oxygen atoms in total. The van der Waals surface area contributed by atoms with Gasteiger partial charge in [-0.1, -0.05) is 5.16 Å². The number of rotatable bonds is 1. The number of hydrogen-bond donors (Lipinski definition) is 1. The second-order valence-corrected chi connectivity index (χ2v) is 4.38. The van der Waals surface area contributed by atoms with Gasteiger partial charge in [-0.3, -0.25) is 0 Å². The second kappa shape index (κ2) is 3.85. The summed E-state index contributed by atoms with van der Waals surface area (Å²) in [6.45, 7) is 4.21. The molecule has 4 heteroatoms. The Labute approximate surface area is 89.6 Å². The van der Waals surface area contributed by atoms with Crippen molar-refractivity contribution in [2.45, 2.75) is 32.2 Å². The molecule has 3 rings (SSSR count). The standard InChI is InChI=1S/C11H17N3O/c1-2-6-14(7-3-1)11-9-8-12-5-4-10(9)15-13-11/h12H,1-8H2. The van der Waals surface area contributed by atoms with Gasteiger partial charge in [-0.15, -0.1) is 0 Å². The van der Waals surface area contributed by atoms with Crippen LogP contribution in [0.3, 0.4) is 0 Å². The van der Waals surface area contributed by atoms with Crippen LogP contribution in [0.15, 0.2) is 4.52 Å². The largest absolute Gasteiger partial charge is 0.359 e. The summed E-state index contributed by atoms with van der Waals surface area (Å²) in [7, 11) is 0. The molecule has 82 valence electrons. The van der Waals surface area contributed by atoms with Crippen molar-refractivity contribution in [2.75, 3.05) is 24.5 Å². The van der Waals surface area contributed by atoms with Crippen molar-refractivity contribution in [3.05, 3.63) is 11.3 Å². The third-order valence-corrected chi connectivity index (χ3v) is 3.34. The van der Waals surface area contributed by atoms with Crippen molar-refractivity contribution in [1.82, 2.24) is 10.5 Å². The Morgan fingerprint density at radius 3 is 2.93 bits per heavy atom. The quantitative estimate of drug-likeness (QED) is 0.754. The summed E-state index contributed by atoms with van der Waals surface area (Å²) in [5, 5.41) is 7.61. The van der Waals surface area contributed by atoms with Gasteiger partial charge in [0, 0.05) is 32.6 Å². The lowest BCUT2D eigenvalue weighted by Crippen LogP contribution is -2.32. The third-order valence-electron chi connectivity index (χ3n) is 3.34. The maximum atomic E-state index is 5.41. The summed E-state index contributed by atoms with van der Waals surface area (Å²) in [6.07, 6.45) is 4.91. The highest BCUT2D eigenvalue weighted by Crippen LogP contribution is 2.27. The zero-order chi connectivity index (χ0) is 10.1. The average molecular weight is 207 g/mol. The summed E-state index contributed by atoms with van der Waals surface area (Å²) in [5.41, 5.74) is 1.29. The van der Waals surface area contributed by atoms with Gasteiger partial charge in [0.1, 0.15) is 5.76 Å². The van der Waals surface area contributed by atoms with E-state index in [2.05, 4.69) is 15.4 Å². The molecule has 0 aliphatic carbocycles. The molecule has 15 heavy (non-hydrogen) atoms. The van der Waals surface area contributed by atoms with Crippen molar-refractivity contribution in [3.63, 3.8) is 0 Å². The number of nitrogens with one attached hydrogen (secondary N) is 1. The molecule has 1 fully saturated rings. The molecule has 0 saturated carbocycles. The van der Waals surface area contributed by atoms with Crippen molar-refractivity contribution in [3.8, 4) is 0 Å². The van der Waals surface area contributed by atoms with Crippen LogP contribution in [0.25, 0.3) is 0 Å². The summed E-state index contributed by atoms with van der Waals surface area (Å²) in [6, 6.07) is 0. The molecular weight excluding hydrogens is 190 g/mol. The van der Waals surface area contributed by atoms with Crippen LogP contribution in [0.2, 0.25) is 0 Å². The zero-order valence-electron chi connectivity index (χ0n) is 8.96. The van der Waals surface area contributed by atoms with E-state index in [9.17, 15) is 0 Å². The number of piperidine rings is 1. The summed E-state index contributed by atoms with van der Waals surface area (Å²) in [5.74, 6) is 2.19. The highest BCUT2D eigenvalue weighted by molar-refractivity contribution is 5.49. The molecule has 0 radical (unpaired) electrons. The van der Waals surface area contributed by atoms with Gasteiger partial charge in [0.2, 0.25) is 0 Å².